The van der Waals surface area contributed by atoms with Gasteiger partial charge < -0.3 is 19.6 Å². The lowest BCUT2D eigenvalue weighted by atomic mass is 10.1. The number of nitrogens with one attached hydrogen (secondary N) is 2. The number of hydrogen-bond acceptors (Lipinski definition) is 4. The van der Waals surface area contributed by atoms with Crippen molar-refractivity contribution in [1.29, 1.82) is 0 Å². The number of amides is 2. The molecule has 0 saturated heterocycles. The Labute approximate surface area is 229 Å². The van der Waals surface area contributed by atoms with Crippen molar-refractivity contribution in [2.45, 2.75) is 55.4 Å². The normalized spacial score (nSPS) is 12.1. The Bertz CT molecular complexity index is 1060. The van der Waals surface area contributed by atoms with E-state index in [0.29, 0.717) is 18.8 Å². The highest BCUT2D eigenvalue weighted by Crippen LogP contribution is 2.30. The van der Waals surface area contributed by atoms with E-state index in [4.69, 9.17) is 0 Å². The Balaban J connectivity index is 2.06. The van der Waals surface area contributed by atoms with Gasteiger partial charge in [-0.05, 0) is 103 Å². The number of carbonyl (C=O) groups excluding carboxylic acids is 2. The third kappa shape index (κ3) is 8.20. The summed E-state index contributed by atoms with van der Waals surface area (Å²) in [5, 5.41) is 15.0. The third-order valence-electron chi connectivity index (χ3n) is 8.17. The molecule has 2 aromatic carbocycles. The summed E-state index contributed by atoms with van der Waals surface area (Å²) in [6.07, 6.45) is 0. The lowest BCUT2D eigenvalue weighted by Crippen LogP contribution is -2.51. The number of azo groups is 1. The molecule has 0 aliphatic rings. The van der Waals surface area contributed by atoms with E-state index in [-0.39, 0.29) is 11.8 Å². The second-order valence-electron chi connectivity index (χ2n) is 10.2. The first-order valence-electron chi connectivity index (χ1n) is 14.0. The molecule has 0 fully saturated rings. The summed E-state index contributed by atoms with van der Waals surface area (Å²) in [6, 6.07) is 11.3. The standard InChI is InChI=1S/C30H46N6O2/c1-9-35(10-2,11-3)21-28(37)31-25-15-17-26(18-16-25)33-34-30-23(7)19-27(20-24(30)8)32-29(38)22-36(12-4,13-5)14-6/h15-20H,9-14,21-22H2,1-8H3/p+2. The number of anilines is 2. The molecule has 38 heavy (non-hydrogen) atoms. The molecule has 2 aromatic rings. The van der Waals surface area contributed by atoms with Crippen LogP contribution in [0.3, 0.4) is 0 Å². The molecule has 0 bridgehead atoms. The fourth-order valence-electron chi connectivity index (χ4n) is 4.93. The van der Waals surface area contributed by atoms with Gasteiger partial charge in [0.25, 0.3) is 11.8 Å². The molecular weight excluding hydrogens is 476 g/mol. The molecule has 0 atom stereocenters. The first kappa shape index (κ1) is 31.1. The lowest BCUT2D eigenvalue weighted by Gasteiger charge is -2.34. The predicted molar refractivity (Wildman–Crippen MR) is 157 cm³/mol. The van der Waals surface area contributed by atoms with E-state index in [0.717, 1.165) is 76.4 Å². The Morgan fingerprint density at radius 3 is 1.42 bits per heavy atom. The van der Waals surface area contributed by atoms with Crippen LogP contribution < -0.4 is 10.6 Å². The van der Waals surface area contributed by atoms with E-state index < -0.39 is 0 Å². The lowest BCUT2D eigenvalue weighted by molar-refractivity contribution is -0.915. The second kappa shape index (κ2) is 14.2. The molecule has 0 radical (unpaired) electrons. The molecule has 0 aromatic heterocycles. The molecule has 2 rings (SSSR count). The number of carbonyl (C=O) groups is 2. The number of nitrogens with zero attached hydrogens (tertiary/aromatic N) is 4. The molecule has 0 unspecified atom stereocenters. The predicted octanol–water partition coefficient (Wildman–Crippen LogP) is 6.35. The summed E-state index contributed by atoms with van der Waals surface area (Å²) < 4.78 is 1.55. The molecule has 0 aliphatic heterocycles. The monoisotopic (exact) mass is 524 g/mol. The van der Waals surface area contributed by atoms with Gasteiger partial charge in [0.05, 0.1) is 50.6 Å². The van der Waals surface area contributed by atoms with Crippen molar-refractivity contribution >= 4 is 34.6 Å². The minimum atomic E-state index is 0.0204. The van der Waals surface area contributed by atoms with Crippen molar-refractivity contribution in [2.75, 3.05) is 63.0 Å². The molecule has 0 spiro atoms. The van der Waals surface area contributed by atoms with Gasteiger partial charge in [-0.2, -0.15) is 10.2 Å². The zero-order valence-electron chi connectivity index (χ0n) is 24.7. The number of benzene rings is 2. The highest BCUT2D eigenvalue weighted by Gasteiger charge is 2.25. The minimum absolute atomic E-state index is 0.0204. The topological polar surface area (TPSA) is 82.9 Å². The van der Waals surface area contributed by atoms with Crippen LogP contribution in [0.5, 0.6) is 0 Å². The Hall–Kier alpha value is -3.10. The molecule has 0 heterocycles. The summed E-state index contributed by atoms with van der Waals surface area (Å²) in [7, 11) is 0. The van der Waals surface area contributed by atoms with Crippen LogP contribution in [-0.2, 0) is 9.59 Å². The molecule has 8 heteroatoms. The smallest absolute Gasteiger partial charge is 0.279 e. The van der Waals surface area contributed by atoms with Crippen LogP contribution in [0.15, 0.2) is 46.6 Å². The van der Waals surface area contributed by atoms with Gasteiger partial charge in [-0.3, -0.25) is 9.59 Å². The number of quaternary nitrogens is 2. The van der Waals surface area contributed by atoms with Crippen LogP contribution in [0.4, 0.5) is 22.7 Å². The number of aryl methyl sites for hydroxylation is 2. The summed E-state index contributed by atoms with van der Waals surface area (Å²) in [5.74, 6) is 0.0479. The van der Waals surface area contributed by atoms with Crippen LogP contribution >= 0.6 is 0 Å². The zero-order valence-corrected chi connectivity index (χ0v) is 24.7. The fraction of sp³-hybridized carbons (Fsp3) is 0.533. The molecule has 2 amide bonds. The summed E-state index contributed by atoms with van der Waals surface area (Å²) in [5.41, 5.74) is 4.91. The van der Waals surface area contributed by atoms with E-state index in [9.17, 15) is 9.59 Å². The molecule has 208 valence electrons. The van der Waals surface area contributed by atoms with Gasteiger partial charge in [-0.15, -0.1) is 0 Å². The van der Waals surface area contributed by atoms with Crippen molar-refractivity contribution in [3.63, 3.8) is 0 Å². The largest absolute Gasteiger partial charge is 0.321 e. The van der Waals surface area contributed by atoms with Crippen LogP contribution in [0, 0.1) is 13.8 Å². The van der Waals surface area contributed by atoms with Gasteiger partial charge in [0.1, 0.15) is 0 Å². The van der Waals surface area contributed by atoms with Gasteiger partial charge in [-0.25, -0.2) is 0 Å². The van der Waals surface area contributed by atoms with E-state index in [2.05, 4.69) is 62.4 Å². The van der Waals surface area contributed by atoms with E-state index >= 15 is 0 Å². The molecular formula is C30H48N6O2+2. The number of likely N-dealkylation sites (N-methyl/N-ethyl adjacent to an activating group) is 2. The van der Waals surface area contributed by atoms with Gasteiger partial charge in [0.2, 0.25) is 0 Å². The molecule has 0 saturated carbocycles. The van der Waals surface area contributed by atoms with Crippen LogP contribution in [0.1, 0.15) is 52.7 Å². The maximum absolute atomic E-state index is 12.7. The molecule has 8 nitrogen and oxygen atoms in total. The van der Waals surface area contributed by atoms with Crippen molar-refractivity contribution in [1.82, 2.24) is 0 Å². The average molecular weight is 525 g/mol. The van der Waals surface area contributed by atoms with E-state index in [1.807, 2.05) is 50.2 Å². The van der Waals surface area contributed by atoms with Gasteiger partial charge in [-0.1, -0.05) is 0 Å². The first-order valence-corrected chi connectivity index (χ1v) is 14.0. The van der Waals surface area contributed by atoms with Crippen molar-refractivity contribution in [3.05, 3.63) is 47.5 Å². The maximum Gasteiger partial charge on any atom is 0.279 e. The molecule has 0 aliphatic carbocycles. The third-order valence-corrected chi connectivity index (χ3v) is 8.17. The highest BCUT2D eigenvalue weighted by atomic mass is 16.2. The SMILES string of the molecule is CC[N+](CC)(CC)CC(=O)Nc1ccc(N=Nc2c(C)cc(NC(=O)C[N+](CC)(CC)CC)cc2C)cc1. The second-order valence-corrected chi connectivity index (χ2v) is 10.2. The first-order chi connectivity index (χ1) is 18.1. The van der Waals surface area contributed by atoms with E-state index in [1.165, 1.54) is 0 Å². The summed E-state index contributed by atoms with van der Waals surface area (Å²) >= 11 is 0. The van der Waals surface area contributed by atoms with Crippen molar-refractivity contribution in [3.8, 4) is 0 Å². The Kier molecular flexibility index (Phi) is 11.6. The quantitative estimate of drug-likeness (QED) is 0.223. The highest BCUT2D eigenvalue weighted by molar-refractivity contribution is 5.92. The fourth-order valence-corrected chi connectivity index (χ4v) is 4.93. The number of hydrogen-bond donors (Lipinski definition) is 2. The van der Waals surface area contributed by atoms with Gasteiger partial charge >= 0.3 is 0 Å². The van der Waals surface area contributed by atoms with Crippen LogP contribution in [0.25, 0.3) is 0 Å². The summed E-state index contributed by atoms with van der Waals surface area (Å²) in [6.45, 7) is 23.3. The van der Waals surface area contributed by atoms with Gasteiger partial charge in [0, 0.05) is 11.4 Å². The van der Waals surface area contributed by atoms with Crippen molar-refractivity contribution in [2.24, 2.45) is 10.2 Å². The Morgan fingerprint density at radius 2 is 1.03 bits per heavy atom. The molecule has 2 N–H and O–H groups in total. The van der Waals surface area contributed by atoms with Gasteiger partial charge in [0.15, 0.2) is 13.1 Å². The minimum Gasteiger partial charge on any atom is -0.321 e. The van der Waals surface area contributed by atoms with E-state index in [1.54, 1.807) is 0 Å². The van der Waals surface area contributed by atoms with Crippen LogP contribution in [0.2, 0.25) is 0 Å². The summed E-state index contributed by atoms with van der Waals surface area (Å²) in [4.78, 5) is 25.3. The number of rotatable bonds is 14. The maximum atomic E-state index is 12.7. The average Bonchev–Trinajstić information content (AvgIpc) is 2.91. The van der Waals surface area contributed by atoms with Crippen LogP contribution in [-0.4, -0.2) is 73.1 Å². The zero-order chi connectivity index (χ0) is 28.3. The van der Waals surface area contributed by atoms with Crippen molar-refractivity contribution < 1.29 is 18.6 Å². The Morgan fingerprint density at radius 1 is 0.632 bits per heavy atom.